The van der Waals surface area contributed by atoms with Crippen LogP contribution in [0.3, 0.4) is 0 Å². The molecule has 0 aliphatic rings. The van der Waals surface area contributed by atoms with Crippen LogP contribution in [-0.4, -0.2) is 28.3 Å². The molecule has 0 unspecified atom stereocenters. The van der Waals surface area contributed by atoms with Crippen LogP contribution in [0.1, 0.15) is 140 Å². The van der Waals surface area contributed by atoms with Gasteiger partial charge in [-0.25, -0.2) is 0 Å². The summed E-state index contributed by atoms with van der Waals surface area (Å²) < 4.78 is 0. The minimum absolute atomic E-state index is 0. The fourth-order valence-corrected chi connectivity index (χ4v) is 3.84. The molecule has 5 heteroatoms. The van der Waals surface area contributed by atoms with Crippen LogP contribution in [0.5, 0.6) is 11.5 Å². The van der Waals surface area contributed by atoms with Crippen molar-refractivity contribution in [2.75, 3.05) is 0 Å². The van der Waals surface area contributed by atoms with Crippen LogP contribution in [0.4, 0.5) is 0 Å². The third-order valence-electron chi connectivity index (χ3n) is 5.75. The van der Waals surface area contributed by atoms with Gasteiger partial charge in [0.05, 0.1) is 0 Å². The van der Waals surface area contributed by atoms with Gasteiger partial charge in [-0.3, -0.25) is 6.29 Å². The number of aliphatic imine (C=N–C) groups is 1. The van der Waals surface area contributed by atoms with Crippen LogP contribution >= 0.6 is 0 Å². The maximum Gasteiger partial charge on any atom is 2.00 e. The van der Waals surface area contributed by atoms with Crippen molar-refractivity contribution in [2.45, 2.75) is 145 Å². The first-order valence-corrected chi connectivity index (χ1v) is 14.1. The average Bonchev–Trinajstić information content (AvgIpc) is 2.71. The second-order valence-electron chi connectivity index (χ2n) is 15.1. The number of phenolic OH excluding ortho intramolecular Hbond substituents is 2. The Morgan fingerprint density at radius 3 is 0.829 bits per heavy atom. The van der Waals surface area contributed by atoms with Crippen molar-refractivity contribution >= 4 is 12.5 Å². The molecule has 0 amide bonds. The molecule has 0 fully saturated rings. The van der Waals surface area contributed by atoms with Crippen molar-refractivity contribution in [3.8, 4) is 11.5 Å². The number of phenols is 2. The molecule has 230 valence electrons. The molecule has 0 aliphatic carbocycles. The molecule has 0 spiro atoms. The van der Waals surface area contributed by atoms with E-state index in [9.17, 15) is 10.2 Å². The van der Waals surface area contributed by atoms with Crippen molar-refractivity contribution in [1.82, 2.24) is 0 Å². The molecular weight excluding hydrogens is 586 g/mol. The second kappa shape index (κ2) is 17.4. The van der Waals surface area contributed by atoms with E-state index in [1.54, 1.807) is 0 Å². The first kappa shape index (κ1) is 43.7. The largest absolute Gasteiger partial charge is 2.00 e. The summed E-state index contributed by atoms with van der Waals surface area (Å²) in [7, 11) is 0. The Hall–Kier alpha value is -1.74. The molecule has 0 radical (unpaired) electrons. The van der Waals surface area contributed by atoms with Gasteiger partial charge in [-0.15, -0.1) is 0 Å². The van der Waals surface area contributed by atoms with E-state index in [4.69, 9.17) is 4.79 Å². The van der Waals surface area contributed by atoms with Crippen LogP contribution in [0.2, 0.25) is 0 Å². The summed E-state index contributed by atoms with van der Waals surface area (Å²) in [5.74, 6) is 0.912. The molecule has 0 aliphatic heterocycles. The molecular formula is C36H59NO3Zr. The molecule has 2 aromatic carbocycles. The van der Waals surface area contributed by atoms with E-state index in [2.05, 4.69) is 94.3 Å². The van der Waals surface area contributed by atoms with Gasteiger partial charge < -0.3 is 26.2 Å². The number of para-hydroxylation sites is 2. The normalized spacial score (nSPS) is 12.0. The summed E-state index contributed by atoms with van der Waals surface area (Å²) >= 11 is 0. The predicted octanol–water partition coefficient (Wildman–Crippen LogP) is 9.84. The number of benzene rings is 2. The fraction of sp³-hybridized carbons (Fsp3) is 0.611. The monoisotopic (exact) mass is 643 g/mol. The smallest absolute Gasteiger partial charge is 0.542 e. The van der Waals surface area contributed by atoms with Crippen LogP contribution < -0.4 is 0 Å². The van der Waals surface area contributed by atoms with Gasteiger partial charge in [0, 0.05) is 5.54 Å². The topological polar surface area (TPSA) is 69.9 Å². The molecule has 0 atom stereocenters. The average molecular weight is 645 g/mol. The summed E-state index contributed by atoms with van der Waals surface area (Å²) in [5, 5.41) is 20.5. The summed E-state index contributed by atoms with van der Waals surface area (Å²) in [5.41, 5.74) is 4.12. The van der Waals surface area contributed by atoms with Gasteiger partial charge in [0.2, 0.25) is 0 Å². The Labute approximate surface area is 272 Å². The molecule has 2 rings (SSSR count). The summed E-state index contributed by atoms with van der Waals surface area (Å²) in [6, 6.07) is 12.1. The molecule has 0 saturated heterocycles. The molecule has 4 nitrogen and oxygen atoms in total. The van der Waals surface area contributed by atoms with E-state index in [0.717, 1.165) is 22.3 Å². The minimum atomic E-state index is -0.00859. The summed E-state index contributed by atoms with van der Waals surface area (Å²) in [4.78, 5) is 12.7. The maximum atomic E-state index is 10.3. The Kier molecular flexibility index (Phi) is 18.5. The standard InChI is InChI=1S/2C14H22O.C6H12N.C2H3O.Zr/c2*1-13(2,3)10-8-7-9-11(12(10)15)14(4,5)6;1-5-7-6(2,3)4;1-2-3;/h2*7-9,15H,1-6H3;1-4H3;1H3;/q;;2*-1;+2. The third-order valence-corrected chi connectivity index (χ3v) is 5.75. The first-order valence-electron chi connectivity index (χ1n) is 14.1. The van der Waals surface area contributed by atoms with Crippen molar-refractivity contribution in [3.05, 3.63) is 58.7 Å². The molecule has 0 bridgehead atoms. The van der Waals surface area contributed by atoms with E-state index < -0.39 is 0 Å². The molecule has 0 aromatic heterocycles. The Balaban J connectivity index is -0.000000526. The van der Waals surface area contributed by atoms with Crippen molar-refractivity contribution in [1.29, 1.82) is 0 Å². The minimum Gasteiger partial charge on any atom is -0.542 e. The Bertz CT molecular complexity index is 930. The number of nitrogens with zero attached hydrogens (tertiary/aromatic N) is 1. The number of hydrogen-bond donors (Lipinski definition) is 2. The number of carbonyl (C=O) groups excluding carboxylic acids is 1. The van der Waals surface area contributed by atoms with Crippen LogP contribution in [0.25, 0.3) is 0 Å². The molecule has 41 heavy (non-hydrogen) atoms. The predicted molar refractivity (Wildman–Crippen MR) is 175 cm³/mol. The number of rotatable bonds is 0. The van der Waals surface area contributed by atoms with Crippen LogP contribution in [0, 0.1) is 0 Å². The fourth-order valence-electron chi connectivity index (χ4n) is 3.84. The van der Waals surface area contributed by atoms with E-state index in [1.165, 1.54) is 13.2 Å². The summed E-state index contributed by atoms with van der Waals surface area (Å²) in [6.07, 6.45) is 4.23. The van der Waals surface area contributed by atoms with Crippen molar-refractivity contribution < 1.29 is 41.2 Å². The first-order chi connectivity index (χ1) is 17.8. The van der Waals surface area contributed by atoms with E-state index in [-0.39, 0.29) is 53.4 Å². The zero-order chi connectivity index (χ0) is 32.3. The van der Waals surface area contributed by atoms with Crippen LogP contribution in [0.15, 0.2) is 41.4 Å². The van der Waals surface area contributed by atoms with Gasteiger partial charge in [-0.05, 0) is 64.7 Å². The SMILES string of the molecule is CC(C)(C)c1cccc(C(C)(C)C)c1O.CC(C)(C)c1cccc(C(C)(C)C)c1O.C[C-]=NC(C)(C)C.C[C-]=O.[Zr+2]. The molecule has 0 saturated carbocycles. The Morgan fingerprint density at radius 1 is 0.537 bits per heavy atom. The van der Waals surface area contributed by atoms with Crippen LogP contribution in [-0.2, 0) is 52.7 Å². The maximum absolute atomic E-state index is 10.3. The molecule has 2 N–H and O–H groups in total. The quantitative estimate of drug-likeness (QED) is 0.222. The van der Waals surface area contributed by atoms with Gasteiger partial charge >= 0.3 is 26.2 Å². The number of hydrogen-bond acceptors (Lipinski definition) is 4. The van der Waals surface area contributed by atoms with Gasteiger partial charge in [-0.2, -0.15) is 13.8 Å². The zero-order valence-electron chi connectivity index (χ0n) is 29.2. The summed E-state index contributed by atoms with van der Waals surface area (Å²) in [6.45, 7) is 34.7. The van der Waals surface area contributed by atoms with Gasteiger partial charge in [0.1, 0.15) is 11.5 Å². The van der Waals surface area contributed by atoms with Gasteiger partial charge in [0.25, 0.3) is 0 Å². The molecule has 0 heterocycles. The van der Waals surface area contributed by atoms with E-state index >= 15 is 0 Å². The van der Waals surface area contributed by atoms with E-state index in [1.807, 2.05) is 64.1 Å². The van der Waals surface area contributed by atoms with Crippen molar-refractivity contribution in [3.63, 3.8) is 0 Å². The second-order valence-corrected chi connectivity index (χ2v) is 15.1. The van der Waals surface area contributed by atoms with E-state index in [0.29, 0.717) is 11.5 Å². The third kappa shape index (κ3) is 17.1. The Morgan fingerprint density at radius 2 is 0.732 bits per heavy atom. The molecule has 2 aromatic rings. The zero-order valence-corrected chi connectivity index (χ0v) is 31.7. The van der Waals surface area contributed by atoms with Gasteiger partial charge in [-0.1, -0.05) is 119 Å². The number of aromatic hydroxyl groups is 2. The van der Waals surface area contributed by atoms with Gasteiger partial charge in [0.15, 0.2) is 0 Å². The van der Waals surface area contributed by atoms with Crippen molar-refractivity contribution in [2.24, 2.45) is 4.99 Å².